The number of aryl methyl sites for hydroxylation is 1. The van der Waals surface area contributed by atoms with Crippen molar-refractivity contribution in [2.45, 2.75) is 19.4 Å². The molecule has 0 aliphatic heterocycles. The van der Waals surface area contributed by atoms with E-state index in [-0.39, 0.29) is 23.7 Å². The molecule has 1 N–H and O–H groups in total. The van der Waals surface area contributed by atoms with Crippen molar-refractivity contribution in [3.63, 3.8) is 0 Å². The number of hydrogen-bond acceptors (Lipinski definition) is 2. The Bertz CT molecular complexity index is 715. The summed E-state index contributed by atoms with van der Waals surface area (Å²) in [6.45, 7) is 0.678. The summed E-state index contributed by atoms with van der Waals surface area (Å²) in [7, 11) is 0. The summed E-state index contributed by atoms with van der Waals surface area (Å²) >= 11 is 3.28. The third-order valence-corrected chi connectivity index (χ3v) is 3.67. The summed E-state index contributed by atoms with van der Waals surface area (Å²) < 4.78 is 15.7. The Morgan fingerprint density at radius 3 is 2.77 bits per heavy atom. The number of carbonyl (C=O) groups excluding carboxylic acids is 1. The molecule has 0 saturated carbocycles. The lowest BCUT2D eigenvalue weighted by atomic mass is 10.1. The van der Waals surface area contributed by atoms with Gasteiger partial charge in [-0.25, -0.2) is 4.39 Å². The van der Waals surface area contributed by atoms with Crippen molar-refractivity contribution in [2.75, 3.05) is 6.54 Å². The van der Waals surface area contributed by atoms with Crippen molar-refractivity contribution in [3.8, 4) is 0 Å². The van der Waals surface area contributed by atoms with Crippen molar-refractivity contribution in [1.29, 1.82) is 0 Å². The molecule has 116 valence electrons. The summed E-state index contributed by atoms with van der Waals surface area (Å²) in [5, 5.41) is 2.73. The number of hydrogen-bond donors (Lipinski definition) is 1. The number of nitrogens with one attached hydrogen (secondary N) is 1. The number of amides is 1. The molecule has 6 heteroatoms. The molecule has 1 amide bonds. The van der Waals surface area contributed by atoms with E-state index in [4.69, 9.17) is 0 Å². The van der Waals surface area contributed by atoms with Crippen molar-refractivity contribution < 1.29 is 9.18 Å². The first kappa shape index (κ1) is 16.4. The quantitative estimate of drug-likeness (QED) is 0.853. The van der Waals surface area contributed by atoms with Crippen molar-refractivity contribution in [1.82, 2.24) is 9.88 Å². The predicted octanol–water partition coefficient (Wildman–Crippen LogP) is 2.50. The largest absolute Gasteiger partial charge is 0.356 e. The average Bonchev–Trinajstić information content (AvgIpc) is 2.50. The van der Waals surface area contributed by atoms with Crippen LogP contribution in [0.15, 0.2) is 51.9 Å². The van der Waals surface area contributed by atoms with Gasteiger partial charge in [0.1, 0.15) is 5.82 Å². The van der Waals surface area contributed by atoms with E-state index >= 15 is 0 Å². The zero-order valence-corrected chi connectivity index (χ0v) is 13.5. The van der Waals surface area contributed by atoms with Crippen LogP contribution in [0.25, 0.3) is 0 Å². The Morgan fingerprint density at radius 1 is 1.23 bits per heavy atom. The normalized spacial score (nSPS) is 10.5. The maximum Gasteiger partial charge on any atom is 0.250 e. The third kappa shape index (κ3) is 4.80. The molecule has 1 aromatic heterocycles. The van der Waals surface area contributed by atoms with Gasteiger partial charge in [0.05, 0.1) is 0 Å². The van der Waals surface area contributed by atoms with Gasteiger partial charge in [0, 0.05) is 36.2 Å². The number of benzene rings is 1. The standard InChI is InChI=1S/C16H16BrFN2O2/c17-13-5-6-16(22)20(11-13)10-8-15(21)19-9-7-12-3-1-2-4-14(12)18/h1-6,11H,7-10H2,(H,19,21). The number of aromatic nitrogens is 1. The Balaban J connectivity index is 1.78. The van der Waals surface area contributed by atoms with Gasteiger partial charge in [0.2, 0.25) is 5.91 Å². The van der Waals surface area contributed by atoms with Crippen LogP contribution in [0.1, 0.15) is 12.0 Å². The lowest BCUT2D eigenvalue weighted by Crippen LogP contribution is -2.28. The van der Waals surface area contributed by atoms with Gasteiger partial charge in [-0.05, 0) is 40.0 Å². The second kappa shape index (κ2) is 7.89. The van der Waals surface area contributed by atoms with E-state index < -0.39 is 0 Å². The number of rotatable bonds is 6. The fourth-order valence-electron chi connectivity index (χ4n) is 2.03. The minimum absolute atomic E-state index is 0.151. The summed E-state index contributed by atoms with van der Waals surface area (Å²) in [5.74, 6) is -0.430. The van der Waals surface area contributed by atoms with Crippen LogP contribution in [0.4, 0.5) is 4.39 Å². The topological polar surface area (TPSA) is 51.1 Å². The SMILES string of the molecule is O=C(CCn1cc(Br)ccc1=O)NCCc1ccccc1F. The number of pyridine rings is 1. The van der Waals surface area contributed by atoms with Gasteiger partial charge in [0.15, 0.2) is 0 Å². The van der Waals surface area contributed by atoms with Crippen LogP contribution in [-0.4, -0.2) is 17.0 Å². The molecule has 0 aliphatic carbocycles. The minimum atomic E-state index is -0.266. The minimum Gasteiger partial charge on any atom is -0.356 e. The zero-order valence-electron chi connectivity index (χ0n) is 11.9. The Morgan fingerprint density at radius 2 is 2.00 bits per heavy atom. The maximum atomic E-state index is 13.4. The molecule has 0 aliphatic rings. The van der Waals surface area contributed by atoms with Gasteiger partial charge in [0.25, 0.3) is 5.56 Å². The molecule has 1 heterocycles. The van der Waals surface area contributed by atoms with Gasteiger partial charge < -0.3 is 9.88 Å². The van der Waals surface area contributed by atoms with Gasteiger partial charge in [-0.2, -0.15) is 0 Å². The second-order valence-electron chi connectivity index (χ2n) is 4.82. The first-order valence-electron chi connectivity index (χ1n) is 6.92. The highest BCUT2D eigenvalue weighted by atomic mass is 79.9. The summed E-state index contributed by atoms with van der Waals surface area (Å²) in [5.41, 5.74) is 0.424. The lowest BCUT2D eigenvalue weighted by molar-refractivity contribution is -0.121. The van der Waals surface area contributed by atoms with E-state index in [2.05, 4.69) is 21.2 Å². The molecule has 22 heavy (non-hydrogen) atoms. The van der Waals surface area contributed by atoms with Gasteiger partial charge in [-0.3, -0.25) is 9.59 Å². The molecule has 2 aromatic rings. The van der Waals surface area contributed by atoms with Crippen molar-refractivity contribution in [2.24, 2.45) is 0 Å². The van der Waals surface area contributed by atoms with Crippen molar-refractivity contribution >= 4 is 21.8 Å². The molecule has 0 radical (unpaired) electrons. The van der Waals surface area contributed by atoms with E-state index in [0.717, 1.165) is 4.47 Å². The number of carbonyl (C=O) groups is 1. The summed E-state index contributed by atoms with van der Waals surface area (Å²) in [4.78, 5) is 23.3. The van der Waals surface area contributed by atoms with E-state index in [1.807, 2.05) is 0 Å². The third-order valence-electron chi connectivity index (χ3n) is 3.20. The van der Waals surface area contributed by atoms with E-state index in [1.165, 1.54) is 16.7 Å². The summed E-state index contributed by atoms with van der Waals surface area (Å²) in [6.07, 6.45) is 2.29. The molecule has 4 nitrogen and oxygen atoms in total. The van der Waals surface area contributed by atoms with Crippen LogP contribution in [0.5, 0.6) is 0 Å². The second-order valence-corrected chi connectivity index (χ2v) is 5.74. The molecule has 0 unspecified atom stereocenters. The van der Waals surface area contributed by atoms with Crippen LogP contribution >= 0.6 is 15.9 Å². The maximum absolute atomic E-state index is 13.4. The molecular formula is C16H16BrFN2O2. The smallest absolute Gasteiger partial charge is 0.250 e. The van der Waals surface area contributed by atoms with Crippen LogP contribution in [0.3, 0.4) is 0 Å². The number of nitrogens with zero attached hydrogens (tertiary/aromatic N) is 1. The first-order chi connectivity index (χ1) is 10.6. The molecular weight excluding hydrogens is 351 g/mol. The van der Waals surface area contributed by atoms with E-state index in [0.29, 0.717) is 25.1 Å². The van der Waals surface area contributed by atoms with E-state index in [9.17, 15) is 14.0 Å². The molecule has 0 saturated heterocycles. The Kier molecular flexibility index (Phi) is 5.89. The van der Waals surface area contributed by atoms with Crippen molar-refractivity contribution in [3.05, 3.63) is 68.8 Å². The predicted molar refractivity (Wildman–Crippen MR) is 86.1 cm³/mol. The molecule has 0 spiro atoms. The van der Waals surface area contributed by atoms with E-state index in [1.54, 1.807) is 30.5 Å². The average molecular weight is 367 g/mol. The first-order valence-corrected chi connectivity index (χ1v) is 7.71. The highest BCUT2D eigenvalue weighted by molar-refractivity contribution is 9.10. The molecule has 0 fully saturated rings. The fraction of sp³-hybridized carbons (Fsp3) is 0.250. The molecule has 0 atom stereocenters. The fourth-order valence-corrected chi connectivity index (χ4v) is 2.40. The Hall–Kier alpha value is -1.95. The molecule has 2 rings (SSSR count). The van der Waals surface area contributed by atoms with Crippen LogP contribution in [0, 0.1) is 5.82 Å². The van der Waals surface area contributed by atoms with Crippen LogP contribution in [-0.2, 0) is 17.8 Å². The van der Waals surface area contributed by atoms with Gasteiger partial charge in [-0.15, -0.1) is 0 Å². The summed E-state index contributed by atoms with van der Waals surface area (Å²) in [6, 6.07) is 9.60. The number of halogens is 2. The Labute approximate surface area is 136 Å². The monoisotopic (exact) mass is 366 g/mol. The molecule has 1 aromatic carbocycles. The van der Waals surface area contributed by atoms with Gasteiger partial charge in [-0.1, -0.05) is 18.2 Å². The highest BCUT2D eigenvalue weighted by Crippen LogP contribution is 2.06. The lowest BCUT2D eigenvalue weighted by Gasteiger charge is -2.08. The van der Waals surface area contributed by atoms with Crippen LogP contribution in [0.2, 0.25) is 0 Å². The highest BCUT2D eigenvalue weighted by Gasteiger charge is 2.05. The van der Waals surface area contributed by atoms with Crippen LogP contribution < -0.4 is 10.9 Å². The molecule has 0 bridgehead atoms. The van der Waals surface area contributed by atoms with Gasteiger partial charge >= 0.3 is 0 Å². The zero-order chi connectivity index (χ0) is 15.9.